The zero-order valence-corrected chi connectivity index (χ0v) is 20.3. The summed E-state index contributed by atoms with van der Waals surface area (Å²) in [7, 11) is 4.31. The molecule has 2 aromatic carbocycles. The number of hydrogen-bond donors (Lipinski definition) is 3. The number of hydrogen-bond acceptors (Lipinski definition) is 8. The Kier molecular flexibility index (Phi) is 8.18. The third-order valence-electron chi connectivity index (χ3n) is 4.75. The minimum Gasteiger partial charge on any atom is -0.494 e. The van der Waals surface area contributed by atoms with E-state index in [9.17, 15) is 18.8 Å². The van der Waals surface area contributed by atoms with Crippen LogP contribution in [0.4, 0.5) is 33.2 Å². The molecule has 3 N–H and O–H groups in total. The van der Waals surface area contributed by atoms with E-state index in [1.807, 2.05) is 0 Å². The number of likely N-dealkylation sites (N-methyl/N-ethyl adjacent to an activating group) is 1. The Labute approximate surface area is 211 Å². The van der Waals surface area contributed by atoms with Gasteiger partial charge in [0, 0.05) is 20.2 Å². The molecule has 0 spiro atoms. The van der Waals surface area contributed by atoms with Gasteiger partial charge in [-0.1, -0.05) is 30.3 Å². The Morgan fingerprint density at radius 3 is 2.50 bits per heavy atom. The van der Waals surface area contributed by atoms with Crippen molar-refractivity contribution in [2.45, 2.75) is 0 Å². The van der Waals surface area contributed by atoms with Crippen molar-refractivity contribution in [3.8, 4) is 5.75 Å². The van der Waals surface area contributed by atoms with Gasteiger partial charge >= 0.3 is 0 Å². The normalized spacial score (nSPS) is 10.2. The Morgan fingerprint density at radius 1 is 1.11 bits per heavy atom. The maximum atomic E-state index is 14.4. The number of ketones is 1. The molecular formula is C24H22ClFN6O4. The Hall–Kier alpha value is -4.51. The van der Waals surface area contributed by atoms with Crippen molar-refractivity contribution in [3.05, 3.63) is 71.7 Å². The fourth-order valence-electron chi connectivity index (χ4n) is 2.97. The van der Waals surface area contributed by atoms with E-state index >= 15 is 0 Å². The lowest BCUT2D eigenvalue weighted by molar-refractivity contribution is -0.124. The van der Waals surface area contributed by atoms with Gasteiger partial charge in [0.2, 0.25) is 11.9 Å². The second-order valence-electron chi connectivity index (χ2n) is 7.44. The van der Waals surface area contributed by atoms with E-state index in [4.69, 9.17) is 16.3 Å². The number of para-hydroxylation sites is 1. The second-order valence-corrected chi connectivity index (χ2v) is 7.85. The van der Waals surface area contributed by atoms with Gasteiger partial charge in [0.1, 0.15) is 10.8 Å². The number of Topliss-reactive ketones (excluding diaryl/α,β-unsaturated/α-hetero) is 1. The predicted molar refractivity (Wildman–Crippen MR) is 135 cm³/mol. The van der Waals surface area contributed by atoms with E-state index in [-0.39, 0.29) is 39.5 Å². The number of aromatic nitrogens is 2. The first-order valence-corrected chi connectivity index (χ1v) is 10.7. The average molecular weight is 513 g/mol. The zero-order chi connectivity index (χ0) is 26.4. The number of anilines is 5. The summed E-state index contributed by atoms with van der Waals surface area (Å²) in [5.74, 6) is -2.43. The lowest BCUT2D eigenvalue weighted by atomic mass is 10.1. The third-order valence-corrected chi connectivity index (χ3v) is 5.02. The molecule has 2 amide bonds. The monoisotopic (exact) mass is 512 g/mol. The lowest BCUT2D eigenvalue weighted by Gasteiger charge is -2.15. The molecule has 0 unspecified atom stereocenters. The summed E-state index contributed by atoms with van der Waals surface area (Å²) in [6.45, 7) is 3.34. The molecule has 0 aliphatic heterocycles. The highest BCUT2D eigenvalue weighted by Crippen LogP contribution is 2.33. The number of rotatable bonds is 9. The molecule has 3 rings (SSSR count). The first-order chi connectivity index (χ1) is 17.1. The van der Waals surface area contributed by atoms with Crippen molar-refractivity contribution < 1.29 is 23.5 Å². The number of methoxy groups -OCH3 is 1. The molecule has 1 aromatic heterocycles. The fraction of sp³-hybridized carbons (Fsp3) is 0.125. The smallest absolute Gasteiger partial charge is 0.294 e. The molecule has 36 heavy (non-hydrogen) atoms. The van der Waals surface area contributed by atoms with Crippen molar-refractivity contribution >= 4 is 58.0 Å². The summed E-state index contributed by atoms with van der Waals surface area (Å²) in [4.78, 5) is 46.1. The minimum atomic E-state index is -0.722. The molecule has 0 fully saturated rings. The first-order valence-electron chi connectivity index (χ1n) is 10.4. The number of carbonyl (C=O) groups is 3. The average Bonchev–Trinajstić information content (AvgIpc) is 2.86. The molecule has 186 valence electrons. The Bertz CT molecular complexity index is 1350. The SMILES string of the molecule is C=CC(=O)Nc1cc(Nc2ncc(Cl)c(Nc3ccccc3C(=O)C(=O)N(C)C)n2)c(OC)cc1F. The molecule has 0 bridgehead atoms. The summed E-state index contributed by atoms with van der Waals surface area (Å²) < 4.78 is 19.6. The summed E-state index contributed by atoms with van der Waals surface area (Å²) in [5.41, 5.74) is 0.563. The van der Waals surface area contributed by atoms with Crippen LogP contribution in [-0.2, 0) is 9.59 Å². The van der Waals surface area contributed by atoms with Gasteiger partial charge in [0.25, 0.3) is 11.7 Å². The van der Waals surface area contributed by atoms with E-state index in [1.165, 1.54) is 44.4 Å². The largest absolute Gasteiger partial charge is 0.494 e. The highest BCUT2D eigenvalue weighted by Gasteiger charge is 2.22. The van der Waals surface area contributed by atoms with Crippen LogP contribution in [0.3, 0.4) is 0 Å². The fourth-order valence-corrected chi connectivity index (χ4v) is 3.11. The van der Waals surface area contributed by atoms with Crippen LogP contribution in [0.5, 0.6) is 5.75 Å². The topological polar surface area (TPSA) is 126 Å². The molecule has 10 nitrogen and oxygen atoms in total. The van der Waals surface area contributed by atoms with Crippen LogP contribution < -0.4 is 20.7 Å². The molecule has 3 aromatic rings. The van der Waals surface area contributed by atoms with Gasteiger partial charge in [-0.15, -0.1) is 0 Å². The number of amides is 2. The molecule has 0 aliphatic rings. The number of halogens is 2. The number of nitrogens with one attached hydrogen (secondary N) is 3. The molecule has 1 heterocycles. The summed E-state index contributed by atoms with van der Waals surface area (Å²) in [6.07, 6.45) is 2.32. The maximum absolute atomic E-state index is 14.4. The van der Waals surface area contributed by atoms with E-state index in [0.29, 0.717) is 5.69 Å². The molecular weight excluding hydrogens is 491 g/mol. The summed E-state index contributed by atoms with van der Waals surface area (Å²) in [5, 5.41) is 8.33. The van der Waals surface area contributed by atoms with E-state index in [0.717, 1.165) is 12.1 Å². The van der Waals surface area contributed by atoms with Crippen LogP contribution in [0.15, 0.2) is 55.3 Å². The van der Waals surface area contributed by atoms with E-state index in [2.05, 4.69) is 32.5 Å². The molecule has 0 atom stereocenters. The van der Waals surface area contributed by atoms with Crippen molar-refractivity contribution in [2.75, 3.05) is 37.2 Å². The summed E-state index contributed by atoms with van der Waals surface area (Å²) >= 11 is 6.27. The van der Waals surface area contributed by atoms with Gasteiger partial charge in [-0.05, 0) is 24.3 Å². The van der Waals surface area contributed by atoms with Crippen molar-refractivity contribution in [2.24, 2.45) is 0 Å². The van der Waals surface area contributed by atoms with Crippen molar-refractivity contribution in [1.82, 2.24) is 14.9 Å². The van der Waals surface area contributed by atoms with Crippen LogP contribution in [0.1, 0.15) is 10.4 Å². The molecule has 12 heteroatoms. The maximum Gasteiger partial charge on any atom is 0.294 e. The number of ether oxygens (including phenoxy) is 1. The zero-order valence-electron chi connectivity index (χ0n) is 19.6. The van der Waals surface area contributed by atoms with Gasteiger partial charge < -0.3 is 25.6 Å². The number of carbonyl (C=O) groups excluding carboxylic acids is 3. The van der Waals surface area contributed by atoms with Gasteiger partial charge in [-0.2, -0.15) is 4.98 Å². The predicted octanol–water partition coefficient (Wildman–Crippen LogP) is 4.16. The second kappa shape index (κ2) is 11.3. The van der Waals surface area contributed by atoms with Gasteiger partial charge in [0.05, 0.1) is 35.9 Å². The molecule has 0 radical (unpaired) electrons. The molecule has 0 saturated carbocycles. The Morgan fingerprint density at radius 2 is 1.83 bits per heavy atom. The van der Waals surface area contributed by atoms with Crippen LogP contribution >= 0.6 is 11.6 Å². The highest BCUT2D eigenvalue weighted by atomic mass is 35.5. The van der Waals surface area contributed by atoms with Crippen LogP contribution in [0.25, 0.3) is 0 Å². The quantitative estimate of drug-likeness (QED) is 0.222. The van der Waals surface area contributed by atoms with Crippen molar-refractivity contribution in [1.29, 1.82) is 0 Å². The van der Waals surface area contributed by atoms with Gasteiger partial charge in [0.15, 0.2) is 11.6 Å². The third kappa shape index (κ3) is 5.94. The Balaban J connectivity index is 1.94. The molecule has 0 saturated heterocycles. The first kappa shape index (κ1) is 26.1. The van der Waals surface area contributed by atoms with Crippen molar-refractivity contribution in [3.63, 3.8) is 0 Å². The van der Waals surface area contributed by atoms with Crippen LogP contribution in [0, 0.1) is 5.82 Å². The highest BCUT2D eigenvalue weighted by molar-refractivity contribution is 6.43. The summed E-state index contributed by atoms with van der Waals surface area (Å²) in [6, 6.07) is 8.79. The van der Waals surface area contributed by atoms with Crippen LogP contribution in [0.2, 0.25) is 5.02 Å². The van der Waals surface area contributed by atoms with Crippen LogP contribution in [-0.4, -0.2) is 53.7 Å². The standard InChI is InChI=1S/C24H22ClFN6O4/c1-5-20(33)28-17-11-18(19(36-4)10-15(17)26)30-24-27-12-14(25)22(31-24)29-16-9-7-6-8-13(16)21(34)23(35)32(2)3/h5-12H,1H2,2-4H3,(H,28,33)(H2,27,29,30,31). The number of benzene rings is 2. The van der Waals surface area contributed by atoms with E-state index in [1.54, 1.807) is 18.2 Å². The lowest BCUT2D eigenvalue weighted by Crippen LogP contribution is -2.30. The van der Waals surface area contributed by atoms with E-state index < -0.39 is 23.4 Å². The van der Waals surface area contributed by atoms with Gasteiger partial charge in [-0.3, -0.25) is 14.4 Å². The minimum absolute atomic E-state index is 0.0426. The van der Waals surface area contributed by atoms with Gasteiger partial charge in [-0.25, -0.2) is 9.37 Å². The number of nitrogens with zero attached hydrogens (tertiary/aromatic N) is 3. The molecule has 0 aliphatic carbocycles.